The second kappa shape index (κ2) is 4.91. The Labute approximate surface area is 99.2 Å². The van der Waals surface area contributed by atoms with Crippen molar-refractivity contribution in [1.29, 1.82) is 0 Å². The van der Waals surface area contributed by atoms with Crippen LogP contribution in [0.1, 0.15) is 18.0 Å². The van der Waals surface area contributed by atoms with Crippen molar-refractivity contribution < 1.29 is 13.2 Å². The molecule has 0 amide bonds. The molecule has 0 aliphatic heterocycles. The molecule has 1 aromatic rings. The topological polar surface area (TPSA) is 12.0 Å². The maximum atomic E-state index is 12.2. The number of halogens is 5. The average molecular weight is 278 g/mol. The van der Waals surface area contributed by atoms with E-state index in [1.54, 1.807) is 0 Å². The fourth-order valence-electron chi connectivity index (χ4n) is 1.19. The molecular formula is C8H8Cl2F3NS. The first kappa shape index (κ1) is 13.1. The van der Waals surface area contributed by atoms with Crippen molar-refractivity contribution in [3.8, 4) is 0 Å². The highest BCUT2D eigenvalue weighted by atomic mass is 35.5. The maximum absolute atomic E-state index is 12.2. The van der Waals surface area contributed by atoms with Gasteiger partial charge in [0.05, 0.1) is 15.1 Å². The minimum atomic E-state index is -4.23. The predicted molar refractivity (Wildman–Crippen MR) is 56.8 cm³/mol. The summed E-state index contributed by atoms with van der Waals surface area (Å²) in [6, 6.07) is 0.614. The van der Waals surface area contributed by atoms with Crippen molar-refractivity contribution in [3.05, 3.63) is 20.3 Å². The Kier molecular flexibility index (Phi) is 4.29. The van der Waals surface area contributed by atoms with Gasteiger partial charge in [-0.3, -0.25) is 0 Å². The van der Waals surface area contributed by atoms with Crippen molar-refractivity contribution in [2.45, 2.75) is 18.6 Å². The molecule has 1 atom stereocenters. The zero-order chi connectivity index (χ0) is 11.6. The van der Waals surface area contributed by atoms with Gasteiger partial charge in [0.25, 0.3) is 0 Å². The fraction of sp³-hybridized carbons (Fsp3) is 0.500. The Hall–Kier alpha value is 0.0300. The van der Waals surface area contributed by atoms with Crippen molar-refractivity contribution in [3.63, 3.8) is 0 Å². The van der Waals surface area contributed by atoms with E-state index in [4.69, 9.17) is 23.2 Å². The summed E-state index contributed by atoms with van der Waals surface area (Å²) < 4.78 is 37.3. The lowest BCUT2D eigenvalue weighted by molar-refractivity contribution is -0.140. The van der Waals surface area contributed by atoms with Crippen molar-refractivity contribution in [2.75, 3.05) is 7.05 Å². The van der Waals surface area contributed by atoms with Gasteiger partial charge in [0.2, 0.25) is 0 Å². The Morgan fingerprint density at radius 3 is 2.40 bits per heavy atom. The van der Waals surface area contributed by atoms with E-state index in [0.29, 0.717) is 14.2 Å². The van der Waals surface area contributed by atoms with E-state index in [-0.39, 0.29) is 0 Å². The van der Waals surface area contributed by atoms with E-state index in [9.17, 15) is 13.2 Å². The largest absolute Gasteiger partial charge is 0.390 e. The number of thiophene rings is 1. The third kappa shape index (κ3) is 3.83. The summed E-state index contributed by atoms with van der Waals surface area (Å²) in [5.41, 5.74) is 0.395. The van der Waals surface area contributed by atoms with Crippen LogP contribution in [0.5, 0.6) is 0 Å². The molecule has 0 spiro atoms. The summed E-state index contributed by atoms with van der Waals surface area (Å²) in [4.78, 5) is 0. The van der Waals surface area contributed by atoms with Crippen LogP contribution in [0.3, 0.4) is 0 Å². The molecule has 0 fully saturated rings. The zero-order valence-electron chi connectivity index (χ0n) is 7.66. The highest BCUT2D eigenvalue weighted by Gasteiger charge is 2.33. The van der Waals surface area contributed by atoms with E-state index in [2.05, 4.69) is 5.32 Å². The molecule has 0 saturated carbocycles. The van der Waals surface area contributed by atoms with Crippen LogP contribution in [0, 0.1) is 0 Å². The first-order valence-electron chi connectivity index (χ1n) is 4.02. The Morgan fingerprint density at radius 2 is 2.07 bits per heavy atom. The molecule has 1 nitrogen and oxygen atoms in total. The molecule has 1 heterocycles. The van der Waals surface area contributed by atoms with Gasteiger partial charge in [-0.25, -0.2) is 0 Å². The third-order valence-corrected chi connectivity index (χ3v) is 3.36. The van der Waals surface area contributed by atoms with E-state index < -0.39 is 18.6 Å². The van der Waals surface area contributed by atoms with Crippen molar-refractivity contribution in [1.82, 2.24) is 5.32 Å². The molecule has 1 unspecified atom stereocenters. The quantitative estimate of drug-likeness (QED) is 0.870. The average Bonchev–Trinajstić information content (AvgIpc) is 2.39. The summed E-state index contributed by atoms with van der Waals surface area (Å²) in [5, 5.41) is 2.57. The molecule has 0 aromatic carbocycles. The van der Waals surface area contributed by atoms with Crippen LogP contribution >= 0.6 is 34.5 Å². The summed E-state index contributed by atoms with van der Waals surface area (Å²) in [7, 11) is 1.46. The summed E-state index contributed by atoms with van der Waals surface area (Å²) in [6.07, 6.45) is -5.19. The van der Waals surface area contributed by atoms with Crippen LogP contribution in [-0.2, 0) is 0 Å². The number of hydrogen-bond donors (Lipinski definition) is 1. The molecule has 0 bridgehead atoms. The van der Waals surface area contributed by atoms with Crippen LogP contribution in [0.2, 0.25) is 8.67 Å². The molecule has 1 rings (SSSR count). The van der Waals surface area contributed by atoms with E-state index >= 15 is 0 Å². The standard InChI is InChI=1S/C8H8Cl2F3NS/c1-14-5(3-8(11,12)13)4-2-6(9)15-7(4)10/h2,5,14H,3H2,1H3. The lowest BCUT2D eigenvalue weighted by Gasteiger charge is -2.17. The van der Waals surface area contributed by atoms with Gasteiger partial charge in [-0.2, -0.15) is 13.2 Å². The summed E-state index contributed by atoms with van der Waals surface area (Å²) in [5.74, 6) is 0. The van der Waals surface area contributed by atoms with E-state index in [0.717, 1.165) is 11.3 Å². The minimum absolute atomic E-state index is 0.295. The number of alkyl halides is 3. The first-order valence-corrected chi connectivity index (χ1v) is 5.59. The second-order valence-electron chi connectivity index (χ2n) is 2.94. The fourth-order valence-corrected chi connectivity index (χ4v) is 2.77. The van der Waals surface area contributed by atoms with E-state index in [1.165, 1.54) is 13.1 Å². The molecule has 7 heteroatoms. The SMILES string of the molecule is CNC(CC(F)(F)F)c1cc(Cl)sc1Cl. The minimum Gasteiger partial charge on any atom is -0.313 e. The number of rotatable bonds is 3. The van der Waals surface area contributed by atoms with Crippen LogP contribution in [0.15, 0.2) is 6.07 Å². The Bertz CT molecular complexity index is 337. The molecule has 0 saturated heterocycles. The van der Waals surface area contributed by atoms with Gasteiger partial charge >= 0.3 is 6.18 Å². The lowest BCUT2D eigenvalue weighted by Crippen LogP contribution is -2.23. The number of hydrogen-bond acceptors (Lipinski definition) is 2. The van der Waals surface area contributed by atoms with Gasteiger partial charge in [-0.1, -0.05) is 23.2 Å². The Morgan fingerprint density at radius 1 is 1.47 bits per heavy atom. The van der Waals surface area contributed by atoms with Gasteiger partial charge in [-0.05, 0) is 13.1 Å². The van der Waals surface area contributed by atoms with Crippen LogP contribution in [0.4, 0.5) is 13.2 Å². The van der Waals surface area contributed by atoms with Gasteiger partial charge in [0.1, 0.15) is 0 Å². The lowest BCUT2D eigenvalue weighted by atomic mass is 10.1. The maximum Gasteiger partial charge on any atom is 0.390 e. The monoisotopic (exact) mass is 277 g/mol. The molecule has 15 heavy (non-hydrogen) atoms. The van der Waals surface area contributed by atoms with Crippen molar-refractivity contribution >= 4 is 34.5 Å². The first-order chi connectivity index (χ1) is 6.83. The smallest absolute Gasteiger partial charge is 0.313 e. The highest BCUT2D eigenvalue weighted by Crippen LogP contribution is 2.38. The third-order valence-electron chi connectivity index (χ3n) is 1.84. The van der Waals surface area contributed by atoms with Crippen LogP contribution < -0.4 is 5.32 Å². The van der Waals surface area contributed by atoms with Gasteiger partial charge in [0.15, 0.2) is 0 Å². The van der Waals surface area contributed by atoms with Crippen LogP contribution in [0.25, 0.3) is 0 Å². The predicted octanol–water partition coefficient (Wildman–Crippen LogP) is 4.27. The molecule has 0 aliphatic rings. The van der Waals surface area contributed by atoms with Gasteiger partial charge in [-0.15, -0.1) is 11.3 Å². The van der Waals surface area contributed by atoms with Gasteiger partial charge in [0, 0.05) is 11.6 Å². The molecule has 1 aromatic heterocycles. The van der Waals surface area contributed by atoms with E-state index in [1.807, 2.05) is 0 Å². The normalized spacial score (nSPS) is 14.3. The highest BCUT2D eigenvalue weighted by molar-refractivity contribution is 7.20. The van der Waals surface area contributed by atoms with Gasteiger partial charge < -0.3 is 5.32 Å². The molecular weight excluding hydrogens is 270 g/mol. The summed E-state index contributed by atoms with van der Waals surface area (Å²) >= 11 is 12.5. The molecule has 0 aliphatic carbocycles. The number of nitrogens with one attached hydrogen (secondary N) is 1. The molecule has 1 N–H and O–H groups in total. The second-order valence-corrected chi connectivity index (χ2v) is 5.23. The molecule has 0 radical (unpaired) electrons. The zero-order valence-corrected chi connectivity index (χ0v) is 9.99. The van der Waals surface area contributed by atoms with Crippen LogP contribution in [-0.4, -0.2) is 13.2 Å². The molecule has 86 valence electrons. The Balaban J connectivity index is 2.88. The van der Waals surface area contributed by atoms with Crippen molar-refractivity contribution in [2.24, 2.45) is 0 Å². The summed E-state index contributed by atoms with van der Waals surface area (Å²) in [6.45, 7) is 0.